The summed E-state index contributed by atoms with van der Waals surface area (Å²) in [5, 5.41) is 5.85. The molecule has 0 radical (unpaired) electrons. The van der Waals surface area contributed by atoms with Gasteiger partial charge in [-0.25, -0.2) is 17.8 Å². The zero-order chi connectivity index (χ0) is 18.0. The van der Waals surface area contributed by atoms with Crippen LogP contribution in [-0.4, -0.2) is 18.2 Å². The van der Waals surface area contributed by atoms with Gasteiger partial charge >= 0.3 is 0 Å². The molecule has 3 aromatic rings. The molecule has 0 aliphatic heterocycles. The van der Waals surface area contributed by atoms with E-state index in [1.54, 1.807) is 24.6 Å². The Labute approximate surface area is 149 Å². The van der Waals surface area contributed by atoms with E-state index in [2.05, 4.69) is 9.82 Å². The van der Waals surface area contributed by atoms with Crippen molar-refractivity contribution < 1.29 is 8.42 Å². The van der Waals surface area contributed by atoms with E-state index in [1.807, 2.05) is 31.2 Å². The molecule has 1 N–H and O–H groups in total. The zero-order valence-electron chi connectivity index (χ0n) is 13.8. The van der Waals surface area contributed by atoms with Gasteiger partial charge in [-0.15, -0.1) is 11.3 Å². The van der Waals surface area contributed by atoms with Crippen molar-refractivity contribution >= 4 is 21.4 Å². The molecule has 2 heterocycles. The second kappa shape index (κ2) is 6.91. The molecule has 0 saturated heterocycles. The maximum atomic E-state index is 12.5. The average Bonchev–Trinajstić information content (AvgIpc) is 3.08. The number of hydrogen-bond donors (Lipinski definition) is 1. The Hall–Kier alpha value is -2.29. The van der Waals surface area contributed by atoms with E-state index in [0.717, 1.165) is 22.5 Å². The Morgan fingerprint density at radius 2 is 1.88 bits per heavy atom. The molecular weight excluding hydrogens is 358 g/mol. The first-order chi connectivity index (χ1) is 11.8. The van der Waals surface area contributed by atoms with Crippen LogP contribution in [0.4, 0.5) is 0 Å². The van der Waals surface area contributed by atoms with Crippen molar-refractivity contribution in [1.29, 1.82) is 0 Å². The summed E-state index contributed by atoms with van der Waals surface area (Å²) in [4.78, 5) is 11.4. The summed E-state index contributed by atoms with van der Waals surface area (Å²) < 4.78 is 29.0. The van der Waals surface area contributed by atoms with Gasteiger partial charge in [-0.2, -0.15) is 5.10 Å². The van der Waals surface area contributed by atoms with Crippen LogP contribution in [0.3, 0.4) is 0 Å². The number of benzene rings is 1. The number of rotatable bonds is 5. The number of sulfonamides is 1. The molecule has 0 spiro atoms. The molecule has 0 bridgehead atoms. The van der Waals surface area contributed by atoms with Gasteiger partial charge in [0.25, 0.3) is 5.56 Å². The minimum Gasteiger partial charge on any atom is -0.268 e. The van der Waals surface area contributed by atoms with Crippen LogP contribution in [0, 0.1) is 6.92 Å². The average molecular weight is 375 g/mol. The number of nitrogens with zero attached hydrogens (tertiary/aromatic N) is 2. The second-order valence-corrected chi connectivity index (χ2v) is 8.55. The molecule has 0 atom stereocenters. The van der Waals surface area contributed by atoms with Gasteiger partial charge in [0.15, 0.2) is 0 Å². The molecule has 25 heavy (non-hydrogen) atoms. The Bertz CT molecular complexity index is 1050. The number of aryl methyl sites for hydroxylation is 2. The highest BCUT2D eigenvalue weighted by Gasteiger charge is 2.17. The summed E-state index contributed by atoms with van der Waals surface area (Å²) in [7, 11) is -2.05. The van der Waals surface area contributed by atoms with E-state index in [4.69, 9.17) is 0 Å². The fourth-order valence-electron chi connectivity index (χ4n) is 2.20. The molecule has 130 valence electrons. The standard InChI is InChI=1S/C17H17N3O3S2/c1-12-3-5-13(6-4-12)10-18-25(22,23)17-9-14(11-24-17)15-7-8-16(21)20(2)19-15/h3-9,11,18H,10H2,1-2H3. The molecule has 0 fully saturated rings. The molecule has 0 aliphatic rings. The predicted octanol–water partition coefficient (Wildman–Crippen LogP) is 2.30. The van der Waals surface area contributed by atoms with Crippen LogP contribution in [0.1, 0.15) is 11.1 Å². The third-order valence-electron chi connectivity index (χ3n) is 3.68. The molecule has 3 rings (SSSR count). The van der Waals surface area contributed by atoms with Crippen LogP contribution >= 0.6 is 11.3 Å². The SMILES string of the molecule is Cc1ccc(CNS(=O)(=O)c2cc(-c3ccc(=O)n(C)n3)cs2)cc1. The summed E-state index contributed by atoms with van der Waals surface area (Å²) in [6.07, 6.45) is 0. The van der Waals surface area contributed by atoms with Gasteiger partial charge in [0.1, 0.15) is 4.21 Å². The van der Waals surface area contributed by atoms with E-state index in [0.29, 0.717) is 11.3 Å². The van der Waals surface area contributed by atoms with Gasteiger partial charge in [0.2, 0.25) is 10.0 Å². The Morgan fingerprint density at radius 1 is 1.16 bits per heavy atom. The minimum atomic E-state index is -3.60. The lowest BCUT2D eigenvalue weighted by Crippen LogP contribution is -2.22. The summed E-state index contributed by atoms with van der Waals surface area (Å²) in [5.74, 6) is 0. The van der Waals surface area contributed by atoms with Crippen molar-refractivity contribution in [2.24, 2.45) is 7.05 Å². The monoisotopic (exact) mass is 375 g/mol. The maximum absolute atomic E-state index is 12.5. The minimum absolute atomic E-state index is 0.213. The lowest BCUT2D eigenvalue weighted by Gasteiger charge is -2.05. The topological polar surface area (TPSA) is 81.1 Å². The first-order valence-corrected chi connectivity index (χ1v) is 9.90. The van der Waals surface area contributed by atoms with Crippen molar-refractivity contribution in [3.8, 4) is 11.3 Å². The van der Waals surface area contributed by atoms with Gasteiger partial charge in [0, 0.05) is 30.6 Å². The molecule has 0 saturated carbocycles. The fraction of sp³-hybridized carbons (Fsp3) is 0.176. The summed E-state index contributed by atoms with van der Waals surface area (Å²) in [6, 6.07) is 12.2. The Kier molecular flexibility index (Phi) is 4.85. The zero-order valence-corrected chi connectivity index (χ0v) is 15.4. The number of nitrogens with one attached hydrogen (secondary N) is 1. The van der Waals surface area contributed by atoms with Crippen LogP contribution in [-0.2, 0) is 23.6 Å². The highest BCUT2D eigenvalue weighted by Crippen LogP contribution is 2.26. The van der Waals surface area contributed by atoms with Crippen LogP contribution in [0.25, 0.3) is 11.3 Å². The first-order valence-electron chi connectivity index (χ1n) is 7.54. The molecular formula is C17H17N3O3S2. The molecule has 8 heteroatoms. The summed E-state index contributed by atoms with van der Waals surface area (Å²) >= 11 is 1.12. The Balaban J connectivity index is 1.79. The highest BCUT2D eigenvalue weighted by molar-refractivity contribution is 7.91. The third kappa shape index (κ3) is 4.04. The van der Waals surface area contributed by atoms with E-state index in [9.17, 15) is 13.2 Å². The highest BCUT2D eigenvalue weighted by atomic mass is 32.2. The van der Waals surface area contributed by atoms with Crippen LogP contribution in [0.5, 0.6) is 0 Å². The van der Waals surface area contributed by atoms with Crippen LogP contribution < -0.4 is 10.3 Å². The number of thiophene rings is 1. The predicted molar refractivity (Wildman–Crippen MR) is 98.0 cm³/mol. The maximum Gasteiger partial charge on any atom is 0.266 e. The molecule has 0 amide bonds. The van der Waals surface area contributed by atoms with Crippen LogP contribution in [0.2, 0.25) is 0 Å². The molecule has 1 aromatic carbocycles. The lowest BCUT2D eigenvalue weighted by molar-refractivity contribution is 0.583. The van der Waals surface area contributed by atoms with Crippen molar-refractivity contribution in [3.63, 3.8) is 0 Å². The molecule has 0 unspecified atom stereocenters. The van der Waals surface area contributed by atoms with E-state index in [1.165, 1.54) is 10.7 Å². The fourth-order valence-corrected chi connectivity index (χ4v) is 4.44. The second-order valence-electron chi connectivity index (χ2n) is 5.64. The van der Waals surface area contributed by atoms with Crippen molar-refractivity contribution in [2.75, 3.05) is 0 Å². The summed E-state index contributed by atoms with van der Waals surface area (Å²) in [5.41, 5.74) is 3.02. The van der Waals surface area contributed by atoms with Crippen molar-refractivity contribution in [3.05, 3.63) is 69.3 Å². The van der Waals surface area contributed by atoms with Gasteiger partial charge in [-0.1, -0.05) is 29.8 Å². The molecule has 0 aliphatic carbocycles. The third-order valence-corrected chi connectivity index (χ3v) is 6.52. The first kappa shape index (κ1) is 17.5. The van der Waals surface area contributed by atoms with Crippen LogP contribution in [0.15, 0.2) is 56.8 Å². The quantitative estimate of drug-likeness (QED) is 0.742. The molecule has 2 aromatic heterocycles. The van der Waals surface area contributed by atoms with Crippen molar-refractivity contribution in [2.45, 2.75) is 17.7 Å². The Morgan fingerprint density at radius 3 is 2.56 bits per heavy atom. The largest absolute Gasteiger partial charge is 0.268 e. The van der Waals surface area contributed by atoms with Gasteiger partial charge in [0.05, 0.1) is 5.69 Å². The van der Waals surface area contributed by atoms with E-state index in [-0.39, 0.29) is 16.3 Å². The normalized spacial score (nSPS) is 11.6. The smallest absolute Gasteiger partial charge is 0.266 e. The number of aromatic nitrogens is 2. The number of hydrogen-bond acceptors (Lipinski definition) is 5. The summed E-state index contributed by atoms with van der Waals surface area (Å²) in [6.45, 7) is 2.21. The van der Waals surface area contributed by atoms with Gasteiger partial charge in [-0.05, 0) is 24.6 Å². The van der Waals surface area contributed by atoms with E-state index < -0.39 is 10.0 Å². The molecule has 6 nitrogen and oxygen atoms in total. The van der Waals surface area contributed by atoms with Gasteiger partial charge in [-0.3, -0.25) is 4.79 Å². The lowest BCUT2D eigenvalue weighted by atomic mass is 10.2. The van der Waals surface area contributed by atoms with Gasteiger partial charge < -0.3 is 0 Å². The van der Waals surface area contributed by atoms with Crippen molar-refractivity contribution in [1.82, 2.24) is 14.5 Å². The van der Waals surface area contributed by atoms with E-state index >= 15 is 0 Å².